The van der Waals surface area contributed by atoms with Crippen molar-refractivity contribution in [2.75, 3.05) is 9.80 Å². The van der Waals surface area contributed by atoms with Crippen molar-refractivity contribution in [2.45, 2.75) is 0 Å². The number of anilines is 6. The second kappa shape index (κ2) is 16.5. The number of rotatable bonds is 10. The predicted molar refractivity (Wildman–Crippen MR) is 259 cm³/mol. The summed E-state index contributed by atoms with van der Waals surface area (Å²) in [6.07, 6.45) is 8.79. The largest absolute Gasteiger partial charge is 0.310 e. The Kier molecular flexibility index (Phi) is 10.0. The van der Waals surface area contributed by atoms with Crippen LogP contribution in [0.1, 0.15) is 22.3 Å². The molecule has 0 fully saturated rings. The van der Waals surface area contributed by atoms with Gasteiger partial charge in [0.2, 0.25) is 0 Å². The lowest BCUT2D eigenvalue weighted by atomic mass is 10.0. The van der Waals surface area contributed by atoms with E-state index in [4.69, 9.17) is 0 Å². The highest BCUT2D eigenvalue weighted by Gasteiger charge is 2.16. The summed E-state index contributed by atoms with van der Waals surface area (Å²) in [6, 6.07) is 82.4. The zero-order chi connectivity index (χ0) is 40.1. The minimum Gasteiger partial charge on any atom is -0.310 e. The van der Waals surface area contributed by atoms with Gasteiger partial charge in [-0.2, -0.15) is 0 Å². The fraction of sp³-hybridized carbons (Fsp3) is 0. The number of nitrogens with zero attached hydrogens (tertiary/aromatic N) is 2. The zero-order valence-electron chi connectivity index (χ0n) is 33.1. The van der Waals surface area contributed by atoms with E-state index in [9.17, 15) is 0 Å². The molecule has 10 rings (SSSR count). The van der Waals surface area contributed by atoms with Gasteiger partial charge in [-0.1, -0.05) is 182 Å². The normalized spacial score (nSPS) is 11.5. The third-order valence-electron chi connectivity index (χ3n) is 11.2. The van der Waals surface area contributed by atoms with Crippen LogP contribution < -0.4 is 9.80 Å². The summed E-state index contributed by atoms with van der Waals surface area (Å²) in [5.41, 5.74) is 11.5. The lowest BCUT2D eigenvalue weighted by molar-refractivity contribution is 1.30. The van der Waals surface area contributed by atoms with Gasteiger partial charge in [0.15, 0.2) is 0 Å². The Morgan fingerprint density at radius 2 is 0.567 bits per heavy atom. The molecule has 10 aromatic carbocycles. The molecule has 0 spiro atoms. The molecular formula is C58H42N2. The first-order valence-electron chi connectivity index (χ1n) is 20.5. The number of benzene rings is 10. The molecule has 2 nitrogen and oxygen atoms in total. The van der Waals surface area contributed by atoms with Gasteiger partial charge in [0, 0.05) is 33.5 Å². The van der Waals surface area contributed by atoms with Gasteiger partial charge in [-0.25, -0.2) is 0 Å². The molecule has 2 heteroatoms. The van der Waals surface area contributed by atoms with Crippen molar-refractivity contribution in [3.63, 3.8) is 0 Å². The number of hydrogen-bond donors (Lipinski definition) is 0. The van der Waals surface area contributed by atoms with Crippen LogP contribution in [0.2, 0.25) is 0 Å². The summed E-state index contributed by atoms with van der Waals surface area (Å²) in [4.78, 5) is 4.68. The highest BCUT2D eigenvalue weighted by molar-refractivity contribution is 6.00. The van der Waals surface area contributed by atoms with E-state index in [0.29, 0.717) is 0 Å². The van der Waals surface area contributed by atoms with E-state index in [2.05, 4.69) is 265 Å². The molecule has 0 saturated heterocycles. The zero-order valence-corrected chi connectivity index (χ0v) is 33.1. The van der Waals surface area contributed by atoms with E-state index in [1.54, 1.807) is 0 Å². The first kappa shape index (κ1) is 36.4. The van der Waals surface area contributed by atoms with Crippen LogP contribution in [0.4, 0.5) is 34.1 Å². The van der Waals surface area contributed by atoms with Crippen LogP contribution in [-0.2, 0) is 0 Å². The van der Waals surface area contributed by atoms with Gasteiger partial charge < -0.3 is 9.80 Å². The van der Waals surface area contributed by atoms with Gasteiger partial charge in [-0.15, -0.1) is 0 Å². The number of hydrogen-bond acceptors (Lipinski definition) is 2. The third-order valence-corrected chi connectivity index (χ3v) is 11.2. The van der Waals surface area contributed by atoms with Gasteiger partial charge in [0.1, 0.15) is 0 Å². The molecule has 0 aromatic heterocycles. The maximum Gasteiger partial charge on any atom is 0.0540 e. The van der Waals surface area contributed by atoms with Crippen molar-refractivity contribution in [3.8, 4) is 0 Å². The van der Waals surface area contributed by atoms with E-state index in [1.165, 1.54) is 43.4 Å². The minimum atomic E-state index is 1.12. The van der Waals surface area contributed by atoms with Crippen LogP contribution in [-0.4, -0.2) is 0 Å². The summed E-state index contributed by atoms with van der Waals surface area (Å²) in [5, 5.41) is 7.34. The molecule has 0 N–H and O–H groups in total. The molecule has 10 aromatic rings. The number of fused-ring (bicyclic) bond motifs is 3. The first-order chi connectivity index (χ1) is 29.7. The van der Waals surface area contributed by atoms with Crippen molar-refractivity contribution < 1.29 is 0 Å². The fourth-order valence-corrected chi connectivity index (χ4v) is 8.16. The van der Waals surface area contributed by atoms with Crippen LogP contribution in [0, 0.1) is 0 Å². The molecule has 0 aliphatic rings. The Labute approximate surface area is 351 Å². The standard InChI is InChI=1S/C58H42N2/c1-3-17-51(18-4-1)59(57-23-11-15-47-13-7-9-21-55(47)57)53-37-31-43(32-38-53)25-27-45-29-35-50-42-46(30-36-49(50)41-45)28-26-44-33-39-54(40-34-44)60(52-19-5-2-6-20-52)58-24-12-16-48-14-8-10-22-56(48)58/h1-42H/b27-25-,28-26?. The summed E-state index contributed by atoms with van der Waals surface area (Å²) in [7, 11) is 0. The first-order valence-corrected chi connectivity index (χ1v) is 20.5. The average molecular weight is 767 g/mol. The Morgan fingerprint density at radius 3 is 1.00 bits per heavy atom. The molecular weight excluding hydrogens is 725 g/mol. The molecule has 0 aliphatic heterocycles. The van der Waals surface area contributed by atoms with Gasteiger partial charge in [0.25, 0.3) is 0 Å². The van der Waals surface area contributed by atoms with Crippen LogP contribution in [0.5, 0.6) is 0 Å². The highest BCUT2D eigenvalue weighted by Crippen LogP contribution is 2.40. The lowest BCUT2D eigenvalue weighted by Crippen LogP contribution is -2.10. The van der Waals surface area contributed by atoms with Gasteiger partial charge in [0.05, 0.1) is 11.4 Å². The van der Waals surface area contributed by atoms with Crippen molar-refractivity contribution >= 4 is 90.7 Å². The Morgan fingerprint density at radius 1 is 0.233 bits per heavy atom. The van der Waals surface area contributed by atoms with Crippen LogP contribution in [0.3, 0.4) is 0 Å². The second-order valence-corrected chi connectivity index (χ2v) is 15.1. The van der Waals surface area contributed by atoms with Crippen LogP contribution in [0.15, 0.2) is 231 Å². The average Bonchev–Trinajstić information content (AvgIpc) is 3.32. The van der Waals surface area contributed by atoms with Gasteiger partial charge in [-0.3, -0.25) is 0 Å². The van der Waals surface area contributed by atoms with E-state index in [1.807, 2.05) is 0 Å². The Hall–Kier alpha value is -7.94. The molecule has 0 bridgehead atoms. The highest BCUT2D eigenvalue weighted by atomic mass is 15.1. The summed E-state index contributed by atoms with van der Waals surface area (Å²) < 4.78 is 0. The SMILES string of the molecule is C(=Cc1ccc2cc(/C=C\c3ccc(N(c4ccccc4)c4cccc5ccccc45)cc3)ccc2c1)c1ccc(N(c2ccccc2)c2cccc3ccccc23)cc1. The van der Waals surface area contributed by atoms with Gasteiger partial charge >= 0.3 is 0 Å². The summed E-state index contributed by atoms with van der Waals surface area (Å²) >= 11 is 0. The van der Waals surface area contributed by atoms with E-state index in [0.717, 1.165) is 45.3 Å². The maximum absolute atomic E-state index is 2.34. The topological polar surface area (TPSA) is 6.48 Å². The minimum absolute atomic E-state index is 1.12. The van der Waals surface area contributed by atoms with E-state index in [-0.39, 0.29) is 0 Å². The molecule has 0 atom stereocenters. The molecule has 0 saturated carbocycles. The van der Waals surface area contributed by atoms with E-state index >= 15 is 0 Å². The smallest absolute Gasteiger partial charge is 0.0540 e. The van der Waals surface area contributed by atoms with E-state index < -0.39 is 0 Å². The maximum atomic E-state index is 2.34. The predicted octanol–water partition coefficient (Wildman–Crippen LogP) is 16.4. The molecule has 284 valence electrons. The van der Waals surface area contributed by atoms with Crippen LogP contribution >= 0.6 is 0 Å². The molecule has 0 radical (unpaired) electrons. The van der Waals surface area contributed by atoms with Crippen molar-refractivity contribution in [1.29, 1.82) is 0 Å². The molecule has 0 aliphatic carbocycles. The van der Waals surface area contributed by atoms with Crippen LogP contribution in [0.25, 0.3) is 56.6 Å². The van der Waals surface area contributed by atoms with Crippen molar-refractivity contribution in [1.82, 2.24) is 0 Å². The summed E-state index contributed by atoms with van der Waals surface area (Å²) in [6.45, 7) is 0. The monoisotopic (exact) mass is 766 g/mol. The Bertz CT molecular complexity index is 2900. The molecule has 60 heavy (non-hydrogen) atoms. The molecule has 0 heterocycles. The van der Waals surface area contributed by atoms with Crippen molar-refractivity contribution in [3.05, 3.63) is 253 Å². The Balaban J connectivity index is 0.851. The quantitative estimate of drug-likeness (QED) is 0.128. The summed E-state index contributed by atoms with van der Waals surface area (Å²) in [5.74, 6) is 0. The number of para-hydroxylation sites is 2. The lowest BCUT2D eigenvalue weighted by Gasteiger charge is -2.27. The third kappa shape index (κ3) is 7.58. The van der Waals surface area contributed by atoms with Crippen molar-refractivity contribution in [2.24, 2.45) is 0 Å². The molecule has 0 amide bonds. The fourth-order valence-electron chi connectivity index (χ4n) is 8.16. The second-order valence-electron chi connectivity index (χ2n) is 15.1. The molecule has 0 unspecified atom stereocenters. The van der Waals surface area contributed by atoms with Gasteiger partial charge in [-0.05, 0) is 117 Å².